The predicted molar refractivity (Wildman–Crippen MR) is 110 cm³/mol. The fourth-order valence-corrected chi connectivity index (χ4v) is 4.03. The number of nitrogens with zero attached hydrogens (tertiary/aromatic N) is 3. The van der Waals surface area contributed by atoms with Crippen LogP contribution in [0.15, 0.2) is 16.6 Å². The molecule has 1 amide bonds. The largest absolute Gasteiger partial charge is 0.465 e. The van der Waals surface area contributed by atoms with Crippen LogP contribution in [0, 0.1) is 18.3 Å². The minimum absolute atomic E-state index is 0.325. The molecular weight excluding hydrogens is 426 g/mol. The number of carbonyl (C=O) groups excluding carboxylic acids is 1. The summed E-state index contributed by atoms with van der Waals surface area (Å²) in [4.78, 5) is 25.4. The van der Waals surface area contributed by atoms with Gasteiger partial charge >= 0.3 is 12.1 Å². The van der Waals surface area contributed by atoms with E-state index in [1.54, 1.807) is 12.1 Å². The quantitative estimate of drug-likeness (QED) is 0.675. The molecule has 0 spiro atoms. The Morgan fingerprint density at radius 2 is 2.00 bits per heavy atom. The van der Waals surface area contributed by atoms with Gasteiger partial charge in [-0.1, -0.05) is 0 Å². The number of amides is 1. The van der Waals surface area contributed by atoms with Gasteiger partial charge in [-0.25, -0.2) is 9.59 Å². The van der Waals surface area contributed by atoms with E-state index in [9.17, 15) is 20.0 Å². The number of hydrogen-bond donors (Lipinski definition) is 1. The molecule has 28 heavy (non-hydrogen) atoms. The second-order valence-electron chi connectivity index (χ2n) is 7.54. The van der Waals surface area contributed by atoms with E-state index in [1.165, 1.54) is 12.0 Å². The Labute approximate surface area is 172 Å². The fraction of sp³-hybridized carbons (Fsp3) is 0.450. The fourth-order valence-electron chi connectivity index (χ4n) is 3.35. The van der Waals surface area contributed by atoms with E-state index < -0.39 is 17.6 Å². The standard InChI is InChI=1S/C20H24BrN3O4/c1-12-14-9-13(11-22)10-15(21)17(14)23(16(12)18(25)28-5)7-6-8-24(19(26)27)20(2,3)4/h9-10H,6-8H2,1-5H3,(H,26,27). The lowest BCUT2D eigenvalue weighted by molar-refractivity contribution is 0.0586. The second kappa shape index (κ2) is 8.23. The molecule has 0 atom stereocenters. The molecule has 7 nitrogen and oxygen atoms in total. The first kappa shape index (κ1) is 21.8. The van der Waals surface area contributed by atoms with Crippen molar-refractivity contribution in [3.8, 4) is 6.07 Å². The van der Waals surface area contributed by atoms with Crippen molar-refractivity contribution in [2.75, 3.05) is 13.7 Å². The molecule has 8 heteroatoms. The summed E-state index contributed by atoms with van der Waals surface area (Å²) in [6, 6.07) is 5.57. The number of aromatic nitrogens is 1. The topological polar surface area (TPSA) is 95.6 Å². The van der Waals surface area contributed by atoms with E-state index in [4.69, 9.17) is 4.74 Å². The van der Waals surface area contributed by atoms with E-state index in [0.29, 0.717) is 35.2 Å². The SMILES string of the molecule is COC(=O)c1c(C)c2cc(C#N)cc(Br)c2n1CCCN(C(=O)O)C(C)(C)C. The lowest BCUT2D eigenvalue weighted by Gasteiger charge is -2.33. The van der Waals surface area contributed by atoms with E-state index in [1.807, 2.05) is 32.3 Å². The number of rotatable bonds is 5. The van der Waals surface area contributed by atoms with Gasteiger partial charge in [0.25, 0.3) is 0 Å². The van der Waals surface area contributed by atoms with Crippen LogP contribution in [0.1, 0.15) is 48.8 Å². The highest BCUT2D eigenvalue weighted by Crippen LogP contribution is 2.33. The third-order valence-corrected chi connectivity index (χ3v) is 5.28. The molecule has 1 aromatic heterocycles. The molecule has 0 unspecified atom stereocenters. The maximum Gasteiger partial charge on any atom is 0.407 e. The summed E-state index contributed by atoms with van der Waals surface area (Å²) in [7, 11) is 1.32. The van der Waals surface area contributed by atoms with Gasteiger partial charge in [0.05, 0.1) is 24.3 Å². The van der Waals surface area contributed by atoms with Crippen LogP contribution in [0.4, 0.5) is 4.79 Å². The van der Waals surface area contributed by atoms with Crippen molar-refractivity contribution in [1.82, 2.24) is 9.47 Å². The Kier molecular flexibility index (Phi) is 6.40. The van der Waals surface area contributed by atoms with Crippen molar-refractivity contribution in [2.24, 2.45) is 0 Å². The van der Waals surface area contributed by atoms with Gasteiger partial charge in [0.1, 0.15) is 5.69 Å². The maximum absolute atomic E-state index is 12.4. The Hall–Kier alpha value is -2.53. The molecule has 150 valence electrons. The molecule has 0 bridgehead atoms. The zero-order chi connectivity index (χ0) is 21.2. The normalized spacial score (nSPS) is 11.3. The summed E-state index contributed by atoms with van der Waals surface area (Å²) in [5.41, 5.74) is 1.89. The van der Waals surface area contributed by atoms with E-state index in [-0.39, 0.29) is 0 Å². The van der Waals surface area contributed by atoms with Crippen LogP contribution in [0.2, 0.25) is 0 Å². The molecule has 1 aromatic carbocycles. The molecule has 1 N–H and O–H groups in total. The number of esters is 1. The number of aryl methyl sites for hydroxylation is 2. The van der Waals surface area contributed by atoms with Gasteiger partial charge in [0, 0.05) is 28.5 Å². The summed E-state index contributed by atoms with van der Waals surface area (Å²) in [5.74, 6) is -0.468. The summed E-state index contributed by atoms with van der Waals surface area (Å²) in [6.45, 7) is 8.10. The first-order valence-electron chi connectivity index (χ1n) is 8.84. The summed E-state index contributed by atoms with van der Waals surface area (Å²) in [5, 5.41) is 19.5. The van der Waals surface area contributed by atoms with E-state index in [2.05, 4.69) is 22.0 Å². The molecule has 2 aromatic rings. The van der Waals surface area contributed by atoms with Crippen LogP contribution < -0.4 is 0 Å². The maximum atomic E-state index is 12.4. The van der Waals surface area contributed by atoms with Crippen LogP contribution in [0.5, 0.6) is 0 Å². The Bertz CT molecular complexity index is 967. The van der Waals surface area contributed by atoms with Gasteiger partial charge in [-0.05, 0) is 67.7 Å². The monoisotopic (exact) mass is 449 g/mol. The number of benzene rings is 1. The molecular formula is C20H24BrN3O4. The average molecular weight is 450 g/mol. The van der Waals surface area contributed by atoms with Crippen molar-refractivity contribution in [1.29, 1.82) is 5.26 Å². The highest BCUT2D eigenvalue weighted by atomic mass is 79.9. The molecule has 0 radical (unpaired) electrons. The Balaban J connectivity index is 2.49. The van der Waals surface area contributed by atoms with Crippen LogP contribution in [0.3, 0.4) is 0 Å². The number of methoxy groups -OCH3 is 1. The average Bonchev–Trinajstić information content (AvgIpc) is 2.89. The first-order valence-corrected chi connectivity index (χ1v) is 9.63. The number of halogens is 1. The first-order chi connectivity index (χ1) is 13.0. The van der Waals surface area contributed by atoms with Crippen molar-refractivity contribution in [3.63, 3.8) is 0 Å². The number of nitriles is 1. The number of fused-ring (bicyclic) bond motifs is 1. The van der Waals surface area contributed by atoms with Crippen molar-refractivity contribution < 1.29 is 19.4 Å². The van der Waals surface area contributed by atoms with Gasteiger partial charge in [-0.3, -0.25) is 0 Å². The van der Waals surface area contributed by atoms with Crippen molar-refractivity contribution >= 4 is 38.9 Å². The van der Waals surface area contributed by atoms with Gasteiger partial charge in [0.15, 0.2) is 0 Å². The van der Waals surface area contributed by atoms with Crippen LogP contribution in [-0.4, -0.2) is 45.8 Å². The van der Waals surface area contributed by atoms with Gasteiger partial charge in [-0.15, -0.1) is 0 Å². The summed E-state index contributed by atoms with van der Waals surface area (Å²) in [6.07, 6.45) is -0.461. The highest BCUT2D eigenvalue weighted by Gasteiger charge is 2.27. The lowest BCUT2D eigenvalue weighted by atomic mass is 10.1. The van der Waals surface area contributed by atoms with Crippen molar-refractivity contribution in [3.05, 3.63) is 33.4 Å². The minimum atomic E-state index is -0.978. The zero-order valence-corrected chi connectivity index (χ0v) is 18.3. The zero-order valence-electron chi connectivity index (χ0n) is 16.7. The molecule has 0 aliphatic rings. The third kappa shape index (κ3) is 4.14. The predicted octanol–water partition coefficient (Wildman–Crippen LogP) is 4.54. The molecule has 1 heterocycles. The van der Waals surface area contributed by atoms with Gasteiger partial charge in [0.2, 0.25) is 0 Å². The summed E-state index contributed by atoms with van der Waals surface area (Å²) >= 11 is 3.51. The molecule has 0 fully saturated rings. The molecule has 0 aliphatic heterocycles. The van der Waals surface area contributed by atoms with Gasteiger partial charge in [-0.2, -0.15) is 5.26 Å². The highest BCUT2D eigenvalue weighted by molar-refractivity contribution is 9.10. The molecule has 0 saturated carbocycles. The third-order valence-electron chi connectivity index (χ3n) is 4.67. The smallest absolute Gasteiger partial charge is 0.407 e. The number of ether oxygens (including phenoxy) is 1. The van der Waals surface area contributed by atoms with E-state index >= 15 is 0 Å². The van der Waals surface area contributed by atoms with Crippen molar-refractivity contribution in [2.45, 2.75) is 46.2 Å². The molecule has 0 aliphatic carbocycles. The molecule has 0 saturated heterocycles. The van der Waals surface area contributed by atoms with Gasteiger partial charge < -0.3 is 19.3 Å². The number of carbonyl (C=O) groups is 2. The minimum Gasteiger partial charge on any atom is -0.465 e. The number of carboxylic acid groups (broad SMARTS) is 1. The van der Waals surface area contributed by atoms with Crippen LogP contribution in [-0.2, 0) is 11.3 Å². The van der Waals surface area contributed by atoms with E-state index in [0.717, 1.165) is 16.5 Å². The second-order valence-corrected chi connectivity index (χ2v) is 8.40. The Morgan fingerprint density at radius 3 is 2.50 bits per heavy atom. The molecule has 2 rings (SSSR count). The summed E-state index contributed by atoms with van der Waals surface area (Å²) < 4.78 is 7.50. The lowest BCUT2D eigenvalue weighted by Crippen LogP contribution is -2.45. The number of hydrogen-bond acceptors (Lipinski definition) is 4. The van der Waals surface area contributed by atoms with Crippen LogP contribution in [0.25, 0.3) is 10.9 Å². The van der Waals surface area contributed by atoms with Crippen LogP contribution >= 0.6 is 15.9 Å². The Morgan fingerprint density at radius 1 is 1.36 bits per heavy atom.